The molecule has 1 saturated carbocycles. The van der Waals surface area contributed by atoms with Crippen LogP contribution in [0.4, 0.5) is 0 Å². The Kier molecular flexibility index (Phi) is 4.28. The molecule has 0 atom stereocenters. The lowest BCUT2D eigenvalue weighted by Crippen LogP contribution is -2.61. The van der Waals surface area contributed by atoms with Gasteiger partial charge in [0.1, 0.15) is 11.3 Å². The van der Waals surface area contributed by atoms with Crippen molar-refractivity contribution >= 4 is 17.6 Å². The average molecular weight is 279 g/mol. The van der Waals surface area contributed by atoms with Crippen LogP contribution in [0, 0.1) is 5.41 Å². The first-order valence-corrected chi connectivity index (χ1v) is 7.72. The van der Waals surface area contributed by atoms with Crippen LogP contribution in [0.25, 0.3) is 0 Å². The van der Waals surface area contributed by atoms with Crippen molar-refractivity contribution in [1.29, 1.82) is 0 Å². The van der Waals surface area contributed by atoms with E-state index in [0.717, 1.165) is 25.7 Å². The number of carbonyl (C=O) groups is 2. The number of aliphatic imine (C=N–C) groups is 1. The van der Waals surface area contributed by atoms with Gasteiger partial charge in [-0.1, -0.05) is 39.5 Å². The summed E-state index contributed by atoms with van der Waals surface area (Å²) in [5, 5.41) is 2.84. The van der Waals surface area contributed by atoms with Gasteiger partial charge in [0.15, 0.2) is 0 Å². The van der Waals surface area contributed by atoms with E-state index in [2.05, 4.69) is 10.3 Å². The Balaban J connectivity index is 2.33. The van der Waals surface area contributed by atoms with E-state index >= 15 is 0 Å². The molecule has 112 valence electrons. The van der Waals surface area contributed by atoms with E-state index in [-0.39, 0.29) is 11.8 Å². The van der Waals surface area contributed by atoms with Crippen LogP contribution in [-0.2, 0) is 9.59 Å². The van der Waals surface area contributed by atoms with Gasteiger partial charge in [0.05, 0.1) is 5.54 Å². The van der Waals surface area contributed by atoms with Crippen molar-refractivity contribution < 1.29 is 9.59 Å². The van der Waals surface area contributed by atoms with Gasteiger partial charge in [-0.3, -0.25) is 9.59 Å². The highest BCUT2D eigenvalue weighted by Gasteiger charge is 2.50. The van der Waals surface area contributed by atoms with E-state index in [1.54, 1.807) is 0 Å². The zero-order valence-electron chi connectivity index (χ0n) is 12.5. The molecule has 0 saturated heterocycles. The summed E-state index contributed by atoms with van der Waals surface area (Å²) >= 11 is 0. The minimum atomic E-state index is -0.928. The van der Waals surface area contributed by atoms with Gasteiger partial charge in [0.25, 0.3) is 5.91 Å². The number of amidine groups is 1. The Labute approximate surface area is 120 Å². The summed E-state index contributed by atoms with van der Waals surface area (Å²) in [4.78, 5) is 29.3. The molecule has 1 fully saturated rings. The molecule has 3 N–H and O–H groups in total. The fourth-order valence-corrected chi connectivity index (χ4v) is 3.15. The van der Waals surface area contributed by atoms with Crippen molar-refractivity contribution in [3.63, 3.8) is 0 Å². The zero-order valence-corrected chi connectivity index (χ0v) is 12.5. The zero-order chi connectivity index (χ0) is 14.8. The van der Waals surface area contributed by atoms with Gasteiger partial charge in [-0.2, -0.15) is 4.99 Å². The molecule has 1 heterocycles. The maximum absolute atomic E-state index is 12.6. The second kappa shape index (κ2) is 5.64. The molecule has 2 aliphatic rings. The maximum Gasteiger partial charge on any atom is 0.263 e. The summed E-state index contributed by atoms with van der Waals surface area (Å²) in [6.45, 7) is 3.89. The van der Waals surface area contributed by atoms with Gasteiger partial charge in [-0.05, 0) is 25.7 Å². The number of nitrogens with two attached hydrogens (primary N) is 1. The van der Waals surface area contributed by atoms with E-state index < -0.39 is 11.0 Å². The number of hydrogen-bond acceptors (Lipinski definition) is 3. The van der Waals surface area contributed by atoms with Crippen LogP contribution in [0.15, 0.2) is 4.99 Å². The number of nitrogens with one attached hydrogen (secondary N) is 1. The molecule has 2 rings (SSSR count). The van der Waals surface area contributed by atoms with Crippen LogP contribution in [0.2, 0.25) is 0 Å². The highest BCUT2D eigenvalue weighted by atomic mass is 16.2. The van der Waals surface area contributed by atoms with Crippen LogP contribution >= 0.6 is 0 Å². The van der Waals surface area contributed by atoms with E-state index in [1.165, 1.54) is 0 Å². The number of hydrogen-bond donors (Lipinski definition) is 2. The molecule has 0 aromatic carbocycles. The Morgan fingerprint density at radius 3 is 2.15 bits per heavy atom. The van der Waals surface area contributed by atoms with Crippen LogP contribution in [0.1, 0.15) is 65.2 Å². The van der Waals surface area contributed by atoms with Crippen LogP contribution in [-0.4, -0.2) is 23.2 Å². The molecule has 1 aliphatic carbocycles. The third-order valence-electron chi connectivity index (χ3n) is 4.98. The second-order valence-electron chi connectivity index (χ2n) is 6.08. The molecular formula is C15H25N3O2. The first kappa shape index (κ1) is 15.2. The first-order chi connectivity index (χ1) is 9.48. The molecule has 0 bridgehead atoms. The lowest BCUT2D eigenvalue weighted by atomic mass is 9.76. The van der Waals surface area contributed by atoms with E-state index in [1.807, 2.05) is 13.8 Å². The predicted octanol–water partition coefficient (Wildman–Crippen LogP) is 1.90. The van der Waals surface area contributed by atoms with Crippen LogP contribution in [0.5, 0.6) is 0 Å². The number of nitrogens with zero attached hydrogens (tertiary/aromatic N) is 1. The molecule has 5 heteroatoms. The maximum atomic E-state index is 12.6. The number of rotatable bonds is 3. The summed E-state index contributed by atoms with van der Waals surface area (Å²) in [7, 11) is 0. The van der Waals surface area contributed by atoms with Gasteiger partial charge < -0.3 is 11.1 Å². The highest BCUT2D eigenvalue weighted by Crippen LogP contribution is 2.38. The predicted molar refractivity (Wildman–Crippen MR) is 78.2 cm³/mol. The summed E-state index contributed by atoms with van der Waals surface area (Å²) in [5.74, 6) is -0.117. The summed E-state index contributed by atoms with van der Waals surface area (Å²) in [6.07, 6.45) is 6.52. The van der Waals surface area contributed by atoms with E-state index in [9.17, 15) is 9.59 Å². The molecule has 0 radical (unpaired) electrons. The summed E-state index contributed by atoms with van der Waals surface area (Å²) in [5.41, 5.74) is 4.61. The highest BCUT2D eigenvalue weighted by molar-refractivity contribution is 6.20. The van der Waals surface area contributed by atoms with Gasteiger partial charge in [-0.15, -0.1) is 0 Å². The number of carbonyl (C=O) groups excluding carboxylic acids is 2. The Morgan fingerprint density at radius 2 is 1.70 bits per heavy atom. The summed E-state index contributed by atoms with van der Waals surface area (Å²) < 4.78 is 0. The molecular weight excluding hydrogens is 254 g/mol. The largest absolute Gasteiger partial charge is 0.319 e. The smallest absolute Gasteiger partial charge is 0.263 e. The average Bonchev–Trinajstić information content (AvgIpc) is 2.70. The first-order valence-electron chi connectivity index (χ1n) is 7.72. The number of amides is 2. The van der Waals surface area contributed by atoms with Gasteiger partial charge in [-0.25, -0.2) is 0 Å². The monoisotopic (exact) mass is 279 g/mol. The third kappa shape index (κ3) is 2.39. The van der Waals surface area contributed by atoms with Gasteiger partial charge >= 0.3 is 0 Å². The van der Waals surface area contributed by atoms with Crippen molar-refractivity contribution in [2.45, 2.75) is 70.8 Å². The molecule has 0 aromatic heterocycles. The fourth-order valence-electron chi connectivity index (χ4n) is 3.15. The topological polar surface area (TPSA) is 84.5 Å². The quantitative estimate of drug-likeness (QED) is 0.774. The van der Waals surface area contributed by atoms with Crippen molar-refractivity contribution in [3.8, 4) is 0 Å². The van der Waals surface area contributed by atoms with E-state index in [4.69, 9.17) is 5.73 Å². The van der Waals surface area contributed by atoms with Gasteiger partial charge in [0.2, 0.25) is 5.91 Å². The normalized spacial score (nSPS) is 23.2. The lowest BCUT2D eigenvalue weighted by molar-refractivity contribution is -0.142. The molecule has 1 spiro atoms. The molecule has 0 aromatic rings. The van der Waals surface area contributed by atoms with Crippen LogP contribution in [0.3, 0.4) is 0 Å². The molecule has 0 unspecified atom stereocenters. The van der Waals surface area contributed by atoms with Crippen molar-refractivity contribution in [3.05, 3.63) is 0 Å². The molecule has 1 aliphatic heterocycles. The Bertz CT molecular complexity index is 430. The summed E-state index contributed by atoms with van der Waals surface area (Å²) in [6, 6.07) is 0. The Morgan fingerprint density at radius 1 is 1.15 bits per heavy atom. The molecule has 5 nitrogen and oxygen atoms in total. The van der Waals surface area contributed by atoms with Crippen molar-refractivity contribution in [2.75, 3.05) is 0 Å². The van der Waals surface area contributed by atoms with Crippen LogP contribution < -0.4 is 11.1 Å². The van der Waals surface area contributed by atoms with E-state index in [0.29, 0.717) is 31.5 Å². The van der Waals surface area contributed by atoms with Crippen molar-refractivity contribution in [2.24, 2.45) is 16.1 Å². The minimum absolute atomic E-state index is 0.189. The molecule has 2 amide bonds. The third-order valence-corrected chi connectivity index (χ3v) is 4.98. The lowest BCUT2D eigenvalue weighted by Gasteiger charge is -2.37. The SMILES string of the molecule is CCC(N)(CC)C1=NC(=O)C2(CCCCCC2)C(=O)N1. The minimum Gasteiger partial charge on any atom is -0.319 e. The fraction of sp³-hybridized carbons (Fsp3) is 0.800. The Hall–Kier alpha value is -1.23. The second-order valence-corrected chi connectivity index (χ2v) is 6.08. The standard InChI is InChI=1S/C15H25N3O2/c1-3-15(16,4-2)11-17-12(19)14(13(20)18-11)9-7-5-6-8-10-14/h3-10,16H2,1-2H3,(H,17,18,19,20). The molecule has 20 heavy (non-hydrogen) atoms. The van der Waals surface area contributed by atoms with Crippen molar-refractivity contribution in [1.82, 2.24) is 5.32 Å². The van der Waals surface area contributed by atoms with Gasteiger partial charge in [0, 0.05) is 0 Å².